The van der Waals surface area contributed by atoms with Crippen LogP contribution in [0.1, 0.15) is 25.7 Å². The van der Waals surface area contributed by atoms with Gasteiger partial charge >= 0.3 is 6.36 Å². The molecule has 0 aromatic heterocycles. The van der Waals surface area contributed by atoms with Crippen molar-refractivity contribution in [3.63, 3.8) is 0 Å². The summed E-state index contributed by atoms with van der Waals surface area (Å²) < 4.78 is 44.2. The minimum atomic E-state index is -4.50. The molecule has 0 N–H and O–H groups in total. The van der Waals surface area contributed by atoms with Crippen molar-refractivity contribution in [2.75, 3.05) is 7.11 Å². The molecule has 1 fully saturated rings. The molecule has 0 spiro atoms. The highest BCUT2D eigenvalue weighted by atomic mass is 19.4. The molecule has 78 valence electrons. The van der Waals surface area contributed by atoms with E-state index in [0.717, 1.165) is 0 Å². The van der Waals surface area contributed by atoms with Gasteiger partial charge in [0.2, 0.25) is 0 Å². The van der Waals surface area contributed by atoms with E-state index in [2.05, 4.69) is 4.74 Å². The van der Waals surface area contributed by atoms with Gasteiger partial charge < -0.3 is 4.74 Å². The predicted octanol–water partition coefficient (Wildman–Crippen LogP) is 2.48. The van der Waals surface area contributed by atoms with Crippen LogP contribution in [0.4, 0.5) is 13.2 Å². The summed E-state index contributed by atoms with van der Waals surface area (Å²) in [6.45, 7) is 0. The van der Waals surface area contributed by atoms with Crippen LogP contribution in [0.15, 0.2) is 0 Å². The first-order valence-corrected chi connectivity index (χ1v) is 4.28. The van der Waals surface area contributed by atoms with E-state index in [9.17, 15) is 13.2 Å². The maximum atomic E-state index is 11.8. The molecule has 2 nitrogen and oxygen atoms in total. The molecule has 0 saturated heterocycles. The topological polar surface area (TPSA) is 18.5 Å². The van der Waals surface area contributed by atoms with Crippen LogP contribution in [-0.2, 0) is 9.47 Å². The van der Waals surface area contributed by atoms with Crippen LogP contribution in [0.3, 0.4) is 0 Å². The van der Waals surface area contributed by atoms with E-state index in [1.165, 1.54) is 0 Å². The SMILES string of the molecule is COC1CCC(OC(F)(F)F)CC1. The average Bonchev–Trinajstić information content (AvgIpc) is 2.03. The second-order valence-electron chi connectivity index (χ2n) is 3.20. The lowest BCUT2D eigenvalue weighted by atomic mass is 9.95. The minimum Gasteiger partial charge on any atom is -0.381 e. The summed E-state index contributed by atoms with van der Waals surface area (Å²) in [6, 6.07) is 0. The van der Waals surface area contributed by atoms with Crippen molar-refractivity contribution in [1.29, 1.82) is 0 Å². The van der Waals surface area contributed by atoms with Crippen LogP contribution >= 0.6 is 0 Å². The number of halogens is 3. The van der Waals surface area contributed by atoms with E-state index in [4.69, 9.17) is 4.74 Å². The third-order valence-corrected chi connectivity index (χ3v) is 2.25. The third-order valence-electron chi connectivity index (χ3n) is 2.25. The van der Waals surface area contributed by atoms with Gasteiger partial charge in [-0.15, -0.1) is 13.2 Å². The molecule has 5 heteroatoms. The van der Waals surface area contributed by atoms with Crippen molar-refractivity contribution in [2.45, 2.75) is 44.3 Å². The van der Waals surface area contributed by atoms with Crippen LogP contribution in [-0.4, -0.2) is 25.7 Å². The van der Waals surface area contributed by atoms with Gasteiger partial charge in [-0.2, -0.15) is 0 Å². The second kappa shape index (κ2) is 4.28. The molecular weight excluding hydrogens is 185 g/mol. The molecule has 1 aliphatic carbocycles. The molecule has 0 aromatic carbocycles. The Kier molecular flexibility index (Phi) is 3.55. The average molecular weight is 198 g/mol. The fourth-order valence-corrected chi connectivity index (χ4v) is 1.57. The molecule has 1 saturated carbocycles. The molecule has 13 heavy (non-hydrogen) atoms. The lowest BCUT2D eigenvalue weighted by Gasteiger charge is -2.27. The van der Waals surface area contributed by atoms with E-state index in [0.29, 0.717) is 25.7 Å². The Labute approximate surface area is 75.0 Å². The van der Waals surface area contributed by atoms with Crippen molar-refractivity contribution in [1.82, 2.24) is 0 Å². The highest BCUT2D eigenvalue weighted by Crippen LogP contribution is 2.28. The number of alkyl halides is 3. The number of methoxy groups -OCH3 is 1. The molecule has 0 radical (unpaired) electrons. The van der Waals surface area contributed by atoms with Gasteiger partial charge in [-0.25, -0.2) is 0 Å². The van der Waals surface area contributed by atoms with Crippen LogP contribution in [0.5, 0.6) is 0 Å². The summed E-state index contributed by atoms with van der Waals surface area (Å²) in [5.74, 6) is 0. The summed E-state index contributed by atoms with van der Waals surface area (Å²) in [7, 11) is 1.58. The van der Waals surface area contributed by atoms with Crippen molar-refractivity contribution in [3.05, 3.63) is 0 Å². The zero-order chi connectivity index (χ0) is 9.90. The number of hydrogen-bond acceptors (Lipinski definition) is 2. The van der Waals surface area contributed by atoms with Crippen LogP contribution in [0, 0.1) is 0 Å². The predicted molar refractivity (Wildman–Crippen MR) is 40.2 cm³/mol. The highest BCUT2D eigenvalue weighted by Gasteiger charge is 2.35. The van der Waals surface area contributed by atoms with Gasteiger partial charge in [0.1, 0.15) is 0 Å². The zero-order valence-electron chi connectivity index (χ0n) is 7.43. The molecular formula is C8H13F3O2. The maximum Gasteiger partial charge on any atom is 0.522 e. The Morgan fingerprint density at radius 1 is 1.00 bits per heavy atom. The van der Waals surface area contributed by atoms with E-state index >= 15 is 0 Å². The second-order valence-corrected chi connectivity index (χ2v) is 3.20. The quantitative estimate of drug-likeness (QED) is 0.678. The van der Waals surface area contributed by atoms with E-state index < -0.39 is 12.5 Å². The standard InChI is InChI=1S/C8H13F3O2/c1-12-6-2-4-7(5-3-6)13-8(9,10)11/h6-7H,2-5H2,1H3. The Balaban J connectivity index is 2.25. The van der Waals surface area contributed by atoms with Crippen LogP contribution in [0.25, 0.3) is 0 Å². The van der Waals surface area contributed by atoms with Gasteiger partial charge in [-0.3, -0.25) is 4.74 Å². The summed E-state index contributed by atoms with van der Waals surface area (Å²) >= 11 is 0. The molecule has 1 rings (SSSR count). The minimum absolute atomic E-state index is 0.105. The fourth-order valence-electron chi connectivity index (χ4n) is 1.57. The van der Waals surface area contributed by atoms with E-state index in [1.807, 2.05) is 0 Å². The van der Waals surface area contributed by atoms with Gasteiger partial charge in [0.25, 0.3) is 0 Å². The number of hydrogen-bond donors (Lipinski definition) is 0. The van der Waals surface area contributed by atoms with Gasteiger partial charge in [0.05, 0.1) is 12.2 Å². The van der Waals surface area contributed by atoms with Gasteiger partial charge in [0.15, 0.2) is 0 Å². The molecule has 0 bridgehead atoms. The van der Waals surface area contributed by atoms with E-state index in [-0.39, 0.29) is 6.10 Å². The molecule has 0 aliphatic heterocycles. The lowest BCUT2D eigenvalue weighted by molar-refractivity contribution is -0.346. The summed E-state index contributed by atoms with van der Waals surface area (Å²) in [4.78, 5) is 0. The number of ether oxygens (including phenoxy) is 2. The fraction of sp³-hybridized carbons (Fsp3) is 1.00. The summed E-state index contributed by atoms with van der Waals surface area (Å²) in [5, 5.41) is 0. The van der Waals surface area contributed by atoms with Crippen molar-refractivity contribution in [3.8, 4) is 0 Å². The van der Waals surface area contributed by atoms with Gasteiger partial charge in [-0.05, 0) is 25.7 Å². The Morgan fingerprint density at radius 3 is 1.85 bits per heavy atom. The molecule has 0 aromatic rings. The monoisotopic (exact) mass is 198 g/mol. The summed E-state index contributed by atoms with van der Waals surface area (Å²) in [6.07, 6.45) is -2.91. The normalized spacial score (nSPS) is 30.5. The third kappa shape index (κ3) is 3.95. The Bertz CT molecular complexity index is 150. The molecule has 0 atom stereocenters. The molecule has 0 unspecified atom stereocenters. The first-order valence-electron chi connectivity index (χ1n) is 4.28. The summed E-state index contributed by atoms with van der Waals surface area (Å²) in [5.41, 5.74) is 0. The van der Waals surface area contributed by atoms with Gasteiger partial charge in [0, 0.05) is 7.11 Å². The molecule has 0 heterocycles. The van der Waals surface area contributed by atoms with Gasteiger partial charge in [-0.1, -0.05) is 0 Å². The van der Waals surface area contributed by atoms with Crippen LogP contribution in [0.2, 0.25) is 0 Å². The smallest absolute Gasteiger partial charge is 0.381 e. The largest absolute Gasteiger partial charge is 0.522 e. The van der Waals surface area contributed by atoms with E-state index in [1.54, 1.807) is 7.11 Å². The van der Waals surface area contributed by atoms with Crippen molar-refractivity contribution in [2.24, 2.45) is 0 Å². The van der Waals surface area contributed by atoms with Crippen LogP contribution < -0.4 is 0 Å². The first kappa shape index (κ1) is 10.8. The lowest BCUT2D eigenvalue weighted by Crippen LogP contribution is -2.30. The first-order chi connectivity index (χ1) is 6.01. The Morgan fingerprint density at radius 2 is 1.46 bits per heavy atom. The zero-order valence-corrected chi connectivity index (χ0v) is 7.43. The number of rotatable bonds is 2. The van der Waals surface area contributed by atoms with Crippen molar-refractivity contribution < 1.29 is 22.6 Å². The molecule has 1 aliphatic rings. The van der Waals surface area contributed by atoms with Crippen molar-refractivity contribution >= 4 is 0 Å². The highest BCUT2D eigenvalue weighted by molar-refractivity contribution is 4.72. The maximum absolute atomic E-state index is 11.8. The Hall–Kier alpha value is -0.290. The molecule has 0 amide bonds.